The van der Waals surface area contributed by atoms with Crippen LogP contribution < -0.4 is 5.46 Å². The number of nitrogens with zero attached hydrogens (tertiary/aromatic N) is 10. The maximum atomic E-state index is 8.58. The second kappa shape index (κ2) is 28.8. The first kappa shape index (κ1) is 61.3. The van der Waals surface area contributed by atoms with Gasteiger partial charge in [-0.1, -0.05) is 307 Å². The molecule has 12 aromatic carbocycles. The first-order valence-corrected chi connectivity index (χ1v) is 31.9. The molecule has 0 saturated carbocycles. The molecule has 0 saturated heterocycles. The Morgan fingerprint density at radius 3 is 0.625 bits per heavy atom. The minimum Gasteiger partial charge on any atom is -0.423 e. The maximum Gasteiger partial charge on any atom is 0.488 e. The van der Waals surface area contributed by atoms with Crippen molar-refractivity contribution in [2.45, 2.75) is 0 Å². The van der Waals surface area contributed by atoms with Crippen LogP contribution in [0.15, 0.2) is 332 Å². The van der Waals surface area contributed by atoms with E-state index in [4.69, 9.17) is 59.9 Å². The van der Waals surface area contributed by atoms with Gasteiger partial charge in [0, 0.05) is 60.1 Å². The van der Waals surface area contributed by atoms with Crippen LogP contribution in [0, 0.1) is 0 Å². The van der Waals surface area contributed by atoms with Crippen molar-refractivity contribution in [3.8, 4) is 124 Å². The third-order valence-corrected chi connectivity index (χ3v) is 16.4. The molecule has 4 heterocycles. The van der Waals surface area contributed by atoms with Gasteiger partial charge in [0.05, 0.1) is 44.8 Å². The lowest BCUT2D eigenvalue weighted by Crippen LogP contribution is -2.29. The fraction of sp³-hybridized carbons (Fsp3) is 0. The SMILES string of the molecule is Brc1ccc(-c2nc3ccccc3nc2-c2ccc(-c3nc(-c4ccccc4)nc(-c4ccccc4)n3)cc2)cc1.OB(O)c1ccccc1.c1ccc(-c2ccc(-c3nc4ccccc4nc3-c3ccc(-c4nc(-c5ccccc5)nc(-c5ccccc5)n4)cc3)cc2)cc1. The van der Waals surface area contributed by atoms with Crippen molar-refractivity contribution in [3.63, 3.8) is 0 Å². The van der Waals surface area contributed by atoms with Gasteiger partial charge in [0.1, 0.15) is 0 Å². The average Bonchev–Trinajstić information content (AvgIpc) is 0.810. The lowest BCUT2D eigenvalue weighted by atomic mass is 9.81. The van der Waals surface area contributed by atoms with E-state index in [-0.39, 0.29) is 0 Å². The molecule has 0 aliphatic carbocycles. The third kappa shape index (κ3) is 14.2. The van der Waals surface area contributed by atoms with Gasteiger partial charge in [-0.05, 0) is 53.0 Å². The first-order chi connectivity index (χ1) is 47.3. The Hall–Kier alpha value is -12.2. The number of aromatic nitrogens is 10. The second-order valence-electron chi connectivity index (χ2n) is 22.3. The van der Waals surface area contributed by atoms with E-state index < -0.39 is 7.12 Å². The van der Waals surface area contributed by atoms with E-state index in [2.05, 4.69) is 101 Å². The molecule has 2 N–H and O–H groups in total. The molecule has 4 aromatic heterocycles. The number of fused-ring (bicyclic) bond motifs is 2. The van der Waals surface area contributed by atoms with Crippen LogP contribution in [-0.2, 0) is 0 Å². The number of para-hydroxylation sites is 4. The van der Waals surface area contributed by atoms with Gasteiger partial charge in [-0.2, -0.15) is 0 Å². The Balaban J connectivity index is 0.000000147. The van der Waals surface area contributed by atoms with E-state index in [1.807, 2.05) is 218 Å². The van der Waals surface area contributed by atoms with E-state index in [0.717, 1.165) is 111 Å². The normalized spacial score (nSPS) is 10.9. The summed E-state index contributed by atoms with van der Waals surface area (Å²) < 4.78 is 1.02. The molecule has 0 bridgehead atoms. The van der Waals surface area contributed by atoms with Gasteiger partial charge in [0.15, 0.2) is 34.9 Å². The van der Waals surface area contributed by atoms with E-state index in [1.165, 1.54) is 5.56 Å². The van der Waals surface area contributed by atoms with Crippen molar-refractivity contribution >= 4 is 50.6 Å². The van der Waals surface area contributed by atoms with Crippen LogP contribution >= 0.6 is 15.9 Å². The number of halogens is 1. The highest BCUT2D eigenvalue weighted by Gasteiger charge is 2.19. The van der Waals surface area contributed by atoms with E-state index in [9.17, 15) is 0 Å². The molecular formula is C82H56BBrN10O2. The van der Waals surface area contributed by atoms with Gasteiger partial charge in [0.25, 0.3) is 0 Å². The largest absolute Gasteiger partial charge is 0.488 e. The van der Waals surface area contributed by atoms with Gasteiger partial charge < -0.3 is 10.0 Å². The minimum atomic E-state index is -1.34. The van der Waals surface area contributed by atoms with Crippen molar-refractivity contribution in [2.24, 2.45) is 0 Å². The van der Waals surface area contributed by atoms with Gasteiger partial charge in [-0.3, -0.25) is 0 Å². The zero-order valence-electron chi connectivity index (χ0n) is 51.5. The van der Waals surface area contributed by atoms with Crippen molar-refractivity contribution in [1.82, 2.24) is 49.8 Å². The molecule has 16 rings (SSSR count). The monoisotopic (exact) mass is 1300 g/mol. The topological polar surface area (TPSA) is 169 Å². The Morgan fingerprint density at radius 1 is 0.188 bits per heavy atom. The summed E-state index contributed by atoms with van der Waals surface area (Å²) in [7, 11) is -1.34. The summed E-state index contributed by atoms with van der Waals surface area (Å²) in [6.07, 6.45) is 0. The molecular weight excluding hydrogens is 1250 g/mol. The van der Waals surface area contributed by atoms with E-state index >= 15 is 0 Å². The minimum absolute atomic E-state index is 0.525. The summed E-state index contributed by atoms with van der Waals surface area (Å²) in [6, 6.07) is 108. The third-order valence-electron chi connectivity index (χ3n) is 15.9. The molecule has 456 valence electrons. The highest BCUT2D eigenvalue weighted by Crippen LogP contribution is 2.36. The highest BCUT2D eigenvalue weighted by molar-refractivity contribution is 9.10. The van der Waals surface area contributed by atoms with Crippen LogP contribution in [0.5, 0.6) is 0 Å². The van der Waals surface area contributed by atoms with Crippen LogP contribution in [0.2, 0.25) is 0 Å². The van der Waals surface area contributed by atoms with Crippen LogP contribution in [0.25, 0.3) is 147 Å². The average molecular weight is 1300 g/mol. The lowest BCUT2D eigenvalue weighted by molar-refractivity contribution is 0.426. The standard InChI is InChI=1S/C41H27N5.C35H22BrN5.C6H7BO2/c1-4-12-28(13-5-1)29-20-22-30(23-21-29)37-38(43-36-19-11-10-18-35(36)42-37)31-24-26-34(27-25-31)41-45-39(32-14-6-2-7-15-32)44-40(46-41)33-16-8-3-9-17-33;36-28-21-19-24(20-22-28)32-31(37-29-13-7-8-14-30(29)38-32)23-15-17-27(18-16-23)35-40-33(25-9-3-1-4-10-25)39-34(41-35)26-11-5-2-6-12-26;8-7(9)6-4-2-1-3-5-6/h1-27H;1-22H;1-5,8-9H. The van der Waals surface area contributed by atoms with Crippen LogP contribution in [0.4, 0.5) is 0 Å². The summed E-state index contributed by atoms with van der Waals surface area (Å²) in [5, 5.41) is 17.2. The number of rotatable bonds is 12. The van der Waals surface area contributed by atoms with Crippen LogP contribution in [-0.4, -0.2) is 67.0 Å². The Morgan fingerprint density at radius 2 is 0.375 bits per heavy atom. The van der Waals surface area contributed by atoms with Gasteiger partial charge in [0.2, 0.25) is 0 Å². The summed E-state index contributed by atoms with van der Waals surface area (Å²) in [5.41, 5.74) is 19.1. The van der Waals surface area contributed by atoms with Gasteiger partial charge in [-0.25, -0.2) is 49.8 Å². The summed E-state index contributed by atoms with van der Waals surface area (Å²) in [5.74, 6) is 3.76. The van der Waals surface area contributed by atoms with E-state index in [1.54, 1.807) is 24.3 Å². The number of hydrogen-bond acceptors (Lipinski definition) is 12. The summed E-state index contributed by atoms with van der Waals surface area (Å²) in [4.78, 5) is 49.4. The molecule has 0 unspecified atom stereocenters. The second-order valence-corrected chi connectivity index (χ2v) is 23.2. The molecule has 16 aromatic rings. The molecule has 0 aliphatic heterocycles. The van der Waals surface area contributed by atoms with Crippen LogP contribution in [0.3, 0.4) is 0 Å². The maximum absolute atomic E-state index is 8.58. The predicted octanol–water partition coefficient (Wildman–Crippen LogP) is 18.1. The fourth-order valence-corrected chi connectivity index (χ4v) is 11.2. The number of benzene rings is 12. The Bertz CT molecular complexity index is 5170. The first-order valence-electron chi connectivity index (χ1n) is 31.1. The predicted molar refractivity (Wildman–Crippen MR) is 390 cm³/mol. The molecule has 0 spiro atoms. The van der Waals surface area contributed by atoms with Crippen LogP contribution in [0.1, 0.15) is 0 Å². The quantitative estimate of drug-likeness (QED) is 0.111. The van der Waals surface area contributed by atoms with Crippen molar-refractivity contribution in [2.75, 3.05) is 0 Å². The lowest BCUT2D eigenvalue weighted by Gasteiger charge is -2.12. The summed E-state index contributed by atoms with van der Waals surface area (Å²) in [6.45, 7) is 0. The molecule has 14 heteroatoms. The highest BCUT2D eigenvalue weighted by atomic mass is 79.9. The molecule has 0 aliphatic rings. The van der Waals surface area contributed by atoms with Gasteiger partial charge >= 0.3 is 7.12 Å². The molecule has 0 atom stereocenters. The Labute approximate surface area is 563 Å². The molecule has 12 nitrogen and oxygen atoms in total. The van der Waals surface area contributed by atoms with E-state index in [0.29, 0.717) is 40.4 Å². The summed E-state index contributed by atoms with van der Waals surface area (Å²) >= 11 is 3.54. The smallest absolute Gasteiger partial charge is 0.423 e. The van der Waals surface area contributed by atoms with Gasteiger partial charge in [-0.15, -0.1) is 0 Å². The molecule has 96 heavy (non-hydrogen) atoms. The zero-order valence-corrected chi connectivity index (χ0v) is 53.1. The van der Waals surface area contributed by atoms with Crippen molar-refractivity contribution in [3.05, 3.63) is 332 Å². The van der Waals surface area contributed by atoms with Crippen molar-refractivity contribution in [1.29, 1.82) is 0 Å². The molecule has 0 radical (unpaired) electrons. The molecule has 0 amide bonds. The number of hydrogen-bond donors (Lipinski definition) is 2. The Kier molecular flexibility index (Phi) is 18.4. The van der Waals surface area contributed by atoms with Crippen molar-refractivity contribution < 1.29 is 10.0 Å². The fourth-order valence-electron chi connectivity index (χ4n) is 10.9. The zero-order chi connectivity index (χ0) is 65.0. The molecule has 0 fully saturated rings.